The number of allylic oxidation sites excluding steroid dienone is 1. The van der Waals surface area contributed by atoms with Gasteiger partial charge in [-0.15, -0.1) is 12.4 Å². The first kappa shape index (κ1) is 26.2. The molecule has 1 unspecified atom stereocenters. The molecule has 0 aliphatic carbocycles. The highest BCUT2D eigenvalue weighted by Gasteiger charge is 2.41. The van der Waals surface area contributed by atoms with Crippen LogP contribution in [0.2, 0.25) is 5.02 Å². The summed E-state index contributed by atoms with van der Waals surface area (Å²) in [5.41, 5.74) is 3.00. The van der Waals surface area contributed by atoms with Crippen LogP contribution in [0.25, 0.3) is 0 Å². The summed E-state index contributed by atoms with van der Waals surface area (Å²) < 4.78 is 15.7. The Hall–Kier alpha value is -2.06. The molecule has 1 fully saturated rings. The van der Waals surface area contributed by atoms with E-state index in [-0.39, 0.29) is 12.4 Å². The van der Waals surface area contributed by atoms with E-state index in [1.165, 1.54) is 14.2 Å². The van der Waals surface area contributed by atoms with Crippen LogP contribution in [0.15, 0.2) is 46.8 Å². The molecule has 1 aromatic carbocycles. The first-order chi connectivity index (χ1) is 14.9. The highest BCUT2D eigenvalue weighted by molar-refractivity contribution is 6.31. The SMILES string of the molecule is COC(=O)C1=C(C)N(C)C(CCN2CCOCC2)=C(C(=O)OC)C1c1ccccc1Cl.Cl. The number of ether oxygens (including phenoxy) is 3. The molecule has 1 saturated heterocycles. The van der Waals surface area contributed by atoms with E-state index < -0.39 is 17.9 Å². The number of morpholine rings is 1. The summed E-state index contributed by atoms with van der Waals surface area (Å²) in [6, 6.07) is 7.24. The maximum absolute atomic E-state index is 13.1. The predicted octanol–water partition coefficient (Wildman–Crippen LogP) is 3.39. The van der Waals surface area contributed by atoms with E-state index in [9.17, 15) is 9.59 Å². The van der Waals surface area contributed by atoms with E-state index in [4.69, 9.17) is 25.8 Å². The minimum atomic E-state index is -0.676. The molecule has 176 valence electrons. The molecule has 0 amide bonds. The maximum Gasteiger partial charge on any atom is 0.336 e. The van der Waals surface area contributed by atoms with E-state index in [2.05, 4.69) is 4.90 Å². The van der Waals surface area contributed by atoms with E-state index in [0.29, 0.717) is 41.4 Å². The quantitative estimate of drug-likeness (QED) is 0.573. The standard InChI is InChI=1S/C23H29ClN2O5.ClH/c1-15-19(22(27)29-3)20(16-7-5-6-8-17(16)24)21(23(28)30-4)18(25(15)2)9-10-26-11-13-31-14-12-26;/h5-8,20H,9-14H2,1-4H3;1H. The van der Waals surface area contributed by atoms with Crippen LogP contribution in [-0.2, 0) is 23.8 Å². The van der Waals surface area contributed by atoms with Gasteiger partial charge in [0.2, 0.25) is 0 Å². The lowest BCUT2D eigenvalue weighted by molar-refractivity contribution is -0.137. The molecule has 0 N–H and O–H groups in total. The molecule has 0 bridgehead atoms. The molecular formula is C23H30Cl2N2O5. The van der Waals surface area contributed by atoms with Crippen LogP contribution in [0.5, 0.6) is 0 Å². The van der Waals surface area contributed by atoms with E-state index >= 15 is 0 Å². The highest BCUT2D eigenvalue weighted by atomic mass is 35.5. The number of methoxy groups -OCH3 is 2. The Kier molecular flexibility index (Phi) is 9.58. The molecule has 3 rings (SSSR count). The number of nitrogens with zero attached hydrogens (tertiary/aromatic N) is 2. The Morgan fingerprint density at radius 3 is 2.28 bits per heavy atom. The lowest BCUT2D eigenvalue weighted by atomic mass is 9.79. The average Bonchev–Trinajstić information content (AvgIpc) is 2.79. The fraction of sp³-hybridized carbons (Fsp3) is 0.478. The molecule has 9 heteroatoms. The van der Waals surface area contributed by atoms with Gasteiger partial charge in [-0.3, -0.25) is 4.90 Å². The van der Waals surface area contributed by atoms with Crippen LogP contribution < -0.4 is 0 Å². The van der Waals surface area contributed by atoms with Gasteiger partial charge in [0, 0.05) is 49.5 Å². The van der Waals surface area contributed by atoms with Crippen LogP contribution in [0.3, 0.4) is 0 Å². The Morgan fingerprint density at radius 1 is 1.09 bits per heavy atom. The van der Waals surface area contributed by atoms with Crippen LogP contribution in [-0.4, -0.2) is 75.9 Å². The van der Waals surface area contributed by atoms with Crippen molar-refractivity contribution in [1.82, 2.24) is 9.80 Å². The maximum atomic E-state index is 13.1. The van der Waals surface area contributed by atoms with Crippen molar-refractivity contribution in [1.29, 1.82) is 0 Å². The molecule has 2 aliphatic heterocycles. The van der Waals surface area contributed by atoms with Crippen LogP contribution in [0.1, 0.15) is 24.8 Å². The van der Waals surface area contributed by atoms with Gasteiger partial charge in [0.25, 0.3) is 0 Å². The Balaban J connectivity index is 0.00000363. The smallest absolute Gasteiger partial charge is 0.336 e. The van der Waals surface area contributed by atoms with Gasteiger partial charge in [-0.1, -0.05) is 29.8 Å². The minimum absolute atomic E-state index is 0. The monoisotopic (exact) mass is 484 g/mol. The van der Waals surface area contributed by atoms with Crippen molar-refractivity contribution in [3.63, 3.8) is 0 Å². The summed E-state index contributed by atoms with van der Waals surface area (Å²) in [7, 11) is 4.54. The number of hydrogen-bond donors (Lipinski definition) is 0. The summed E-state index contributed by atoms with van der Waals surface area (Å²) in [4.78, 5) is 30.1. The van der Waals surface area contributed by atoms with E-state index in [1.54, 1.807) is 6.07 Å². The molecular weight excluding hydrogens is 455 g/mol. The van der Waals surface area contributed by atoms with Gasteiger partial charge >= 0.3 is 11.9 Å². The minimum Gasteiger partial charge on any atom is -0.466 e. The van der Waals surface area contributed by atoms with Gasteiger partial charge in [-0.25, -0.2) is 9.59 Å². The van der Waals surface area contributed by atoms with Crippen molar-refractivity contribution >= 4 is 35.9 Å². The zero-order valence-corrected chi connectivity index (χ0v) is 20.4. The molecule has 0 radical (unpaired) electrons. The summed E-state index contributed by atoms with van der Waals surface area (Å²) in [5, 5.41) is 0.472. The Labute approximate surface area is 200 Å². The number of esters is 2. The number of carbonyl (C=O) groups is 2. The van der Waals surface area contributed by atoms with Crippen LogP contribution in [0, 0.1) is 0 Å². The zero-order valence-electron chi connectivity index (χ0n) is 18.9. The number of benzene rings is 1. The summed E-state index contributed by atoms with van der Waals surface area (Å²) in [5.74, 6) is -1.66. The summed E-state index contributed by atoms with van der Waals surface area (Å²) in [6.07, 6.45) is 0.619. The van der Waals surface area contributed by atoms with E-state index in [0.717, 1.165) is 31.0 Å². The normalized spacial score (nSPS) is 19.5. The van der Waals surface area contributed by atoms with Gasteiger partial charge in [0.15, 0.2) is 0 Å². The Bertz CT molecular complexity index is 909. The van der Waals surface area contributed by atoms with Crippen molar-refractivity contribution in [2.45, 2.75) is 19.3 Å². The molecule has 2 heterocycles. The summed E-state index contributed by atoms with van der Waals surface area (Å²) >= 11 is 6.53. The third-order valence-corrected chi connectivity index (χ3v) is 6.33. The molecule has 2 aliphatic rings. The van der Waals surface area contributed by atoms with Crippen molar-refractivity contribution in [3.05, 3.63) is 57.4 Å². The Morgan fingerprint density at radius 2 is 1.69 bits per heavy atom. The number of hydrogen-bond acceptors (Lipinski definition) is 7. The number of halogens is 2. The van der Waals surface area contributed by atoms with Gasteiger partial charge < -0.3 is 19.1 Å². The van der Waals surface area contributed by atoms with E-state index in [1.807, 2.05) is 37.1 Å². The van der Waals surface area contributed by atoms with Crippen molar-refractivity contribution < 1.29 is 23.8 Å². The molecule has 7 nitrogen and oxygen atoms in total. The largest absolute Gasteiger partial charge is 0.466 e. The fourth-order valence-electron chi connectivity index (χ4n) is 4.22. The molecule has 0 spiro atoms. The average molecular weight is 485 g/mol. The first-order valence-electron chi connectivity index (χ1n) is 10.3. The molecule has 1 aromatic rings. The molecule has 1 atom stereocenters. The lowest BCUT2D eigenvalue weighted by Gasteiger charge is -2.38. The van der Waals surface area contributed by atoms with Crippen LogP contribution >= 0.6 is 24.0 Å². The second-order valence-electron chi connectivity index (χ2n) is 7.56. The third-order valence-electron chi connectivity index (χ3n) is 5.98. The second kappa shape index (κ2) is 11.7. The topological polar surface area (TPSA) is 68.3 Å². The van der Waals surface area contributed by atoms with Crippen molar-refractivity contribution in [2.75, 3.05) is 54.1 Å². The first-order valence-corrected chi connectivity index (χ1v) is 10.7. The summed E-state index contributed by atoms with van der Waals surface area (Å²) in [6.45, 7) is 5.72. The number of carbonyl (C=O) groups excluding carboxylic acids is 2. The zero-order chi connectivity index (χ0) is 22.5. The van der Waals surface area contributed by atoms with Crippen molar-refractivity contribution in [3.8, 4) is 0 Å². The van der Waals surface area contributed by atoms with Crippen LogP contribution in [0.4, 0.5) is 0 Å². The third kappa shape index (κ3) is 5.29. The molecule has 0 saturated carbocycles. The predicted molar refractivity (Wildman–Crippen MR) is 125 cm³/mol. The number of rotatable bonds is 6. The van der Waals surface area contributed by atoms with Crippen molar-refractivity contribution in [2.24, 2.45) is 0 Å². The van der Waals surface area contributed by atoms with Gasteiger partial charge in [-0.2, -0.15) is 0 Å². The second-order valence-corrected chi connectivity index (χ2v) is 7.97. The highest BCUT2D eigenvalue weighted by Crippen LogP contribution is 2.45. The fourth-order valence-corrected chi connectivity index (χ4v) is 4.46. The van der Waals surface area contributed by atoms with Gasteiger partial charge in [0.1, 0.15) is 0 Å². The van der Waals surface area contributed by atoms with Gasteiger partial charge in [-0.05, 0) is 18.6 Å². The molecule has 0 aromatic heterocycles. The van der Waals surface area contributed by atoms with Gasteiger partial charge in [0.05, 0.1) is 44.5 Å². The molecule has 32 heavy (non-hydrogen) atoms. The lowest BCUT2D eigenvalue weighted by Crippen LogP contribution is -2.39.